The highest BCUT2D eigenvalue weighted by Gasteiger charge is 2.27. The number of carbonyl (C=O) groups excluding carboxylic acids is 2. The predicted octanol–water partition coefficient (Wildman–Crippen LogP) is -0.100. The topological polar surface area (TPSA) is 69.6 Å². The first-order valence-electron chi connectivity index (χ1n) is 4.92. The van der Waals surface area contributed by atoms with Crippen LogP contribution in [-0.2, 0) is 4.79 Å². The van der Waals surface area contributed by atoms with Crippen LogP contribution in [0.15, 0.2) is 0 Å². The van der Waals surface area contributed by atoms with Crippen molar-refractivity contribution < 1.29 is 14.7 Å². The Morgan fingerprint density at radius 3 is 2.87 bits per heavy atom. The fraction of sp³-hybridized carbons (Fsp3) is 0.778. The summed E-state index contributed by atoms with van der Waals surface area (Å²) >= 11 is 1.64. The van der Waals surface area contributed by atoms with Gasteiger partial charge in [0, 0.05) is 18.9 Å². The maximum absolute atomic E-state index is 11.2. The number of hydrogen-bond acceptors (Lipinski definition) is 4. The van der Waals surface area contributed by atoms with E-state index in [1.807, 2.05) is 6.92 Å². The van der Waals surface area contributed by atoms with Gasteiger partial charge in [-0.25, -0.2) is 4.79 Å². The average Bonchev–Trinajstić information content (AvgIpc) is 2.54. The monoisotopic (exact) mass is 232 g/mol. The second-order valence-electron chi connectivity index (χ2n) is 3.57. The second-order valence-corrected chi connectivity index (χ2v) is 4.72. The Hall–Kier alpha value is -0.750. The van der Waals surface area contributed by atoms with E-state index in [4.69, 9.17) is 5.11 Å². The van der Waals surface area contributed by atoms with Crippen molar-refractivity contribution in [3.05, 3.63) is 0 Å². The van der Waals surface area contributed by atoms with E-state index < -0.39 is 0 Å². The summed E-state index contributed by atoms with van der Waals surface area (Å²) in [6.07, 6.45) is 0. The fourth-order valence-electron chi connectivity index (χ4n) is 1.17. The fourth-order valence-corrected chi connectivity index (χ4v) is 2.16. The number of urea groups is 1. The molecule has 0 aromatic heterocycles. The van der Waals surface area contributed by atoms with Crippen molar-refractivity contribution in [2.75, 3.05) is 31.2 Å². The summed E-state index contributed by atoms with van der Waals surface area (Å²) in [5, 5.41) is 11.3. The van der Waals surface area contributed by atoms with E-state index in [-0.39, 0.29) is 31.0 Å². The zero-order valence-corrected chi connectivity index (χ0v) is 9.55. The number of nitrogens with zero attached hydrogens (tertiary/aromatic N) is 1. The number of aliphatic hydroxyl groups excluding tert-OH is 1. The number of hydrogen-bond donors (Lipinski definition) is 2. The molecule has 0 aromatic rings. The van der Waals surface area contributed by atoms with Gasteiger partial charge in [0.2, 0.25) is 5.91 Å². The molecule has 6 heteroatoms. The zero-order chi connectivity index (χ0) is 11.3. The number of carbonyl (C=O) groups is 2. The molecule has 1 atom stereocenters. The lowest BCUT2D eigenvalue weighted by Crippen LogP contribution is -2.33. The van der Waals surface area contributed by atoms with Gasteiger partial charge in [0.1, 0.15) is 0 Å². The quantitative estimate of drug-likeness (QED) is 0.495. The standard InChI is InChI=1S/C9H16N2O3S/c1-7(5-12)6-15-3-2-11-8(13)4-10-9(11)14/h7,12H,2-6H2,1H3,(H,10,14). The van der Waals surface area contributed by atoms with Gasteiger partial charge >= 0.3 is 6.03 Å². The molecule has 0 bridgehead atoms. The SMILES string of the molecule is CC(CO)CSCCN1C(=O)CNC1=O. The molecule has 1 aliphatic rings. The van der Waals surface area contributed by atoms with Crippen molar-refractivity contribution in [3.63, 3.8) is 0 Å². The van der Waals surface area contributed by atoms with Crippen molar-refractivity contribution in [2.45, 2.75) is 6.92 Å². The molecule has 5 nitrogen and oxygen atoms in total. The van der Waals surface area contributed by atoms with E-state index in [0.717, 1.165) is 11.5 Å². The molecule has 0 aliphatic carbocycles. The van der Waals surface area contributed by atoms with Gasteiger partial charge in [-0.15, -0.1) is 0 Å². The van der Waals surface area contributed by atoms with Gasteiger partial charge in [0.15, 0.2) is 0 Å². The summed E-state index contributed by atoms with van der Waals surface area (Å²) in [6.45, 7) is 2.71. The maximum Gasteiger partial charge on any atom is 0.324 e. The molecule has 1 aliphatic heterocycles. The number of aliphatic hydroxyl groups is 1. The van der Waals surface area contributed by atoms with E-state index in [9.17, 15) is 9.59 Å². The summed E-state index contributed by atoms with van der Waals surface area (Å²) in [4.78, 5) is 23.5. The molecule has 1 unspecified atom stereocenters. The van der Waals surface area contributed by atoms with Crippen LogP contribution in [0.25, 0.3) is 0 Å². The third-order valence-electron chi connectivity index (χ3n) is 2.11. The molecule has 1 heterocycles. The molecule has 0 spiro atoms. The Labute approximate surface area is 93.2 Å². The molecule has 1 saturated heterocycles. The molecule has 0 saturated carbocycles. The van der Waals surface area contributed by atoms with Gasteiger partial charge in [-0.3, -0.25) is 9.69 Å². The molecule has 2 N–H and O–H groups in total. The summed E-state index contributed by atoms with van der Waals surface area (Å²) in [5.41, 5.74) is 0. The average molecular weight is 232 g/mol. The lowest BCUT2D eigenvalue weighted by atomic mass is 10.2. The van der Waals surface area contributed by atoms with Crippen LogP contribution >= 0.6 is 11.8 Å². The summed E-state index contributed by atoms with van der Waals surface area (Å²) in [7, 11) is 0. The number of imide groups is 1. The van der Waals surface area contributed by atoms with E-state index in [0.29, 0.717) is 6.54 Å². The van der Waals surface area contributed by atoms with Crippen LogP contribution in [0.5, 0.6) is 0 Å². The van der Waals surface area contributed by atoms with E-state index >= 15 is 0 Å². The third kappa shape index (κ3) is 3.71. The molecule has 1 rings (SSSR count). The Bertz CT molecular complexity index is 232. The molecule has 0 radical (unpaired) electrons. The molecule has 3 amide bonds. The molecule has 86 valence electrons. The van der Waals surface area contributed by atoms with E-state index in [2.05, 4.69) is 5.32 Å². The lowest BCUT2D eigenvalue weighted by molar-refractivity contribution is -0.124. The number of nitrogens with one attached hydrogen (secondary N) is 1. The highest BCUT2D eigenvalue weighted by Crippen LogP contribution is 2.09. The molecular weight excluding hydrogens is 216 g/mol. The van der Waals surface area contributed by atoms with Crippen LogP contribution in [-0.4, -0.2) is 53.1 Å². The van der Waals surface area contributed by atoms with Gasteiger partial charge < -0.3 is 10.4 Å². The normalized spacial score (nSPS) is 18.1. The van der Waals surface area contributed by atoms with Crippen LogP contribution < -0.4 is 5.32 Å². The van der Waals surface area contributed by atoms with Crippen LogP contribution in [0.2, 0.25) is 0 Å². The van der Waals surface area contributed by atoms with Gasteiger partial charge in [-0.2, -0.15) is 11.8 Å². The zero-order valence-electron chi connectivity index (χ0n) is 8.73. The summed E-state index contributed by atoms with van der Waals surface area (Å²) < 4.78 is 0. The van der Waals surface area contributed by atoms with Gasteiger partial charge in [-0.1, -0.05) is 6.92 Å². The second kappa shape index (κ2) is 5.97. The lowest BCUT2D eigenvalue weighted by Gasteiger charge is -2.12. The van der Waals surface area contributed by atoms with Crippen LogP contribution in [0, 0.1) is 5.92 Å². The Kier molecular flexibility index (Phi) is 4.90. The predicted molar refractivity (Wildman–Crippen MR) is 58.7 cm³/mol. The number of thioether (sulfide) groups is 1. The smallest absolute Gasteiger partial charge is 0.324 e. The Morgan fingerprint density at radius 1 is 1.60 bits per heavy atom. The van der Waals surface area contributed by atoms with Gasteiger partial charge in [-0.05, 0) is 11.7 Å². The molecule has 0 aromatic carbocycles. The first kappa shape index (κ1) is 12.3. The van der Waals surface area contributed by atoms with Crippen molar-refractivity contribution in [2.24, 2.45) is 5.92 Å². The largest absolute Gasteiger partial charge is 0.396 e. The number of rotatable bonds is 6. The van der Waals surface area contributed by atoms with Gasteiger partial charge in [0.25, 0.3) is 0 Å². The van der Waals surface area contributed by atoms with Crippen LogP contribution in [0.4, 0.5) is 4.79 Å². The highest BCUT2D eigenvalue weighted by atomic mass is 32.2. The molecule has 1 fully saturated rings. The van der Waals surface area contributed by atoms with Gasteiger partial charge in [0.05, 0.1) is 6.54 Å². The van der Waals surface area contributed by atoms with Crippen LogP contribution in [0.3, 0.4) is 0 Å². The molecular formula is C9H16N2O3S. The maximum atomic E-state index is 11.2. The van der Waals surface area contributed by atoms with E-state index in [1.54, 1.807) is 11.8 Å². The minimum atomic E-state index is -0.296. The van der Waals surface area contributed by atoms with Crippen molar-refractivity contribution in [1.29, 1.82) is 0 Å². The highest BCUT2D eigenvalue weighted by molar-refractivity contribution is 7.99. The number of amides is 3. The van der Waals surface area contributed by atoms with Crippen molar-refractivity contribution >= 4 is 23.7 Å². The Balaban J connectivity index is 2.14. The minimum absolute atomic E-state index is 0.122. The van der Waals surface area contributed by atoms with Crippen molar-refractivity contribution in [3.8, 4) is 0 Å². The first-order valence-corrected chi connectivity index (χ1v) is 6.07. The first-order chi connectivity index (χ1) is 7.15. The third-order valence-corrected chi connectivity index (χ3v) is 3.39. The summed E-state index contributed by atoms with van der Waals surface area (Å²) in [6, 6.07) is -0.296. The van der Waals surface area contributed by atoms with Crippen LogP contribution in [0.1, 0.15) is 6.92 Å². The molecule has 15 heavy (non-hydrogen) atoms. The van der Waals surface area contributed by atoms with Crippen molar-refractivity contribution in [1.82, 2.24) is 10.2 Å². The minimum Gasteiger partial charge on any atom is -0.396 e. The Morgan fingerprint density at radius 2 is 2.33 bits per heavy atom. The van der Waals surface area contributed by atoms with E-state index in [1.165, 1.54) is 4.90 Å². The summed E-state index contributed by atoms with van der Waals surface area (Å²) in [5.74, 6) is 1.68.